The molecule has 0 amide bonds. The molecule has 0 bridgehead atoms. The van der Waals surface area contributed by atoms with Gasteiger partial charge in [0.15, 0.2) is 0 Å². The summed E-state index contributed by atoms with van der Waals surface area (Å²) in [6.07, 6.45) is 7.47. The number of likely N-dealkylation sites (tertiary alicyclic amines) is 1. The molecule has 3 aromatic heterocycles. The summed E-state index contributed by atoms with van der Waals surface area (Å²) in [5.74, 6) is 2.15. The lowest BCUT2D eigenvalue weighted by Gasteiger charge is -2.19. The predicted molar refractivity (Wildman–Crippen MR) is 78.5 cm³/mol. The van der Waals surface area contributed by atoms with Crippen LogP contribution in [0, 0.1) is 0 Å². The highest BCUT2D eigenvalue weighted by Gasteiger charge is 2.31. The molecule has 0 aliphatic carbocycles. The lowest BCUT2D eigenvalue weighted by atomic mass is 10.2. The maximum Gasteiger partial charge on any atom is 0.244 e. The van der Waals surface area contributed by atoms with E-state index in [4.69, 9.17) is 4.52 Å². The lowest BCUT2D eigenvalue weighted by Crippen LogP contribution is -2.23. The van der Waals surface area contributed by atoms with E-state index in [0.29, 0.717) is 11.7 Å². The van der Waals surface area contributed by atoms with Crippen LogP contribution in [0.1, 0.15) is 30.6 Å². The van der Waals surface area contributed by atoms with Gasteiger partial charge >= 0.3 is 0 Å². The molecule has 0 unspecified atom stereocenters. The molecule has 112 valence electrons. The monoisotopic (exact) mass is 296 g/mol. The van der Waals surface area contributed by atoms with E-state index in [0.717, 1.165) is 37.4 Å². The Kier molecular flexibility index (Phi) is 3.40. The first-order valence-electron chi connectivity index (χ1n) is 7.37. The van der Waals surface area contributed by atoms with Gasteiger partial charge in [0, 0.05) is 18.6 Å². The van der Waals surface area contributed by atoms with Crippen LogP contribution in [0.4, 0.5) is 0 Å². The minimum absolute atomic E-state index is 0.148. The highest BCUT2D eigenvalue weighted by Crippen LogP contribution is 2.32. The molecule has 1 N–H and O–H groups in total. The van der Waals surface area contributed by atoms with Crippen LogP contribution >= 0.6 is 0 Å². The highest BCUT2D eigenvalue weighted by atomic mass is 16.5. The topological polar surface area (TPSA) is 83.7 Å². The van der Waals surface area contributed by atoms with Crippen molar-refractivity contribution in [2.45, 2.75) is 25.4 Å². The molecule has 7 heteroatoms. The molecule has 3 aromatic rings. The summed E-state index contributed by atoms with van der Waals surface area (Å²) in [4.78, 5) is 18.5. The fourth-order valence-corrected chi connectivity index (χ4v) is 2.84. The zero-order valence-electron chi connectivity index (χ0n) is 12.0. The van der Waals surface area contributed by atoms with Gasteiger partial charge in [-0.1, -0.05) is 11.2 Å². The second-order valence-electron chi connectivity index (χ2n) is 5.34. The third-order valence-electron chi connectivity index (χ3n) is 3.89. The molecule has 1 atom stereocenters. The maximum absolute atomic E-state index is 5.48. The number of H-pyrrole nitrogens is 1. The molecule has 1 fully saturated rings. The van der Waals surface area contributed by atoms with E-state index < -0.39 is 0 Å². The van der Waals surface area contributed by atoms with Gasteiger partial charge in [0.1, 0.15) is 11.5 Å². The van der Waals surface area contributed by atoms with Gasteiger partial charge in [-0.15, -0.1) is 0 Å². The van der Waals surface area contributed by atoms with E-state index >= 15 is 0 Å². The largest absolute Gasteiger partial charge is 0.348 e. The quantitative estimate of drug-likeness (QED) is 0.794. The predicted octanol–water partition coefficient (Wildman–Crippen LogP) is 2.19. The number of nitrogens with zero attached hydrogens (tertiary/aromatic N) is 5. The summed E-state index contributed by atoms with van der Waals surface area (Å²) in [6.45, 7) is 1.77. The van der Waals surface area contributed by atoms with Crippen molar-refractivity contribution < 1.29 is 4.52 Å². The molecule has 0 spiro atoms. The first-order chi connectivity index (χ1) is 10.9. The Balaban J connectivity index is 1.55. The zero-order chi connectivity index (χ0) is 14.8. The number of nitrogens with one attached hydrogen (secondary N) is 1. The van der Waals surface area contributed by atoms with Crippen LogP contribution in [0.25, 0.3) is 11.5 Å². The molecule has 0 aromatic carbocycles. The molecular weight excluding hydrogens is 280 g/mol. The summed E-state index contributed by atoms with van der Waals surface area (Å²) in [5.41, 5.74) is 0.730. The third-order valence-corrected chi connectivity index (χ3v) is 3.89. The normalized spacial score (nSPS) is 18.8. The molecular formula is C15H16N6O. The van der Waals surface area contributed by atoms with Crippen molar-refractivity contribution in [2.24, 2.45) is 0 Å². The van der Waals surface area contributed by atoms with E-state index in [2.05, 4.69) is 30.0 Å². The Bertz CT molecular complexity index is 724. The van der Waals surface area contributed by atoms with Crippen LogP contribution in [0.5, 0.6) is 0 Å². The van der Waals surface area contributed by atoms with Gasteiger partial charge in [0.2, 0.25) is 11.7 Å². The van der Waals surface area contributed by atoms with Gasteiger partial charge in [-0.3, -0.25) is 9.88 Å². The van der Waals surface area contributed by atoms with Crippen molar-refractivity contribution in [3.05, 3.63) is 48.5 Å². The Labute approximate surface area is 127 Å². The SMILES string of the molecule is c1ccc(-c2noc([C@H]3CCCN3Cc3ncc[nH]3)n2)nc1. The van der Waals surface area contributed by atoms with Gasteiger partial charge in [-0.25, -0.2) is 4.98 Å². The van der Waals surface area contributed by atoms with E-state index in [1.165, 1.54) is 0 Å². The first-order valence-corrected chi connectivity index (χ1v) is 7.37. The molecule has 0 radical (unpaired) electrons. The van der Waals surface area contributed by atoms with Crippen molar-refractivity contribution in [1.82, 2.24) is 30.0 Å². The fourth-order valence-electron chi connectivity index (χ4n) is 2.84. The average Bonchev–Trinajstić information content (AvgIpc) is 3.30. The summed E-state index contributed by atoms with van der Waals surface area (Å²) in [6, 6.07) is 5.81. The van der Waals surface area contributed by atoms with Crippen molar-refractivity contribution in [2.75, 3.05) is 6.54 Å². The fraction of sp³-hybridized carbons (Fsp3) is 0.333. The molecule has 1 saturated heterocycles. The molecule has 1 aliphatic rings. The van der Waals surface area contributed by atoms with Crippen LogP contribution in [0.15, 0.2) is 41.3 Å². The van der Waals surface area contributed by atoms with E-state index in [-0.39, 0.29) is 6.04 Å². The summed E-state index contributed by atoms with van der Waals surface area (Å²) in [5, 5.41) is 4.06. The number of aromatic nitrogens is 5. The smallest absolute Gasteiger partial charge is 0.244 e. The van der Waals surface area contributed by atoms with Gasteiger partial charge in [-0.2, -0.15) is 4.98 Å². The second-order valence-corrected chi connectivity index (χ2v) is 5.34. The Hall–Kier alpha value is -2.54. The van der Waals surface area contributed by atoms with Crippen LogP contribution < -0.4 is 0 Å². The lowest BCUT2D eigenvalue weighted by molar-refractivity contribution is 0.197. The Morgan fingerprint density at radius 1 is 1.27 bits per heavy atom. The average molecular weight is 296 g/mol. The zero-order valence-corrected chi connectivity index (χ0v) is 12.0. The van der Waals surface area contributed by atoms with Gasteiger partial charge < -0.3 is 9.51 Å². The number of hydrogen-bond acceptors (Lipinski definition) is 6. The van der Waals surface area contributed by atoms with E-state index in [1.54, 1.807) is 12.4 Å². The molecule has 1 aliphatic heterocycles. The Morgan fingerprint density at radius 2 is 2.27 bits per heavy atom. The van der Waals surface area contributed by atoms with Gasteiger partial charge in [0.05, 0.1) is 12.6 Å². The highest BCUT2D eigenvalue weighted by molar-refractivity contribution is 5.47. The maximum atomic E-state index is 5.48. The van der Waals surface area contributed by atoms with Crippen molar-refractivity contribution in [3.63, 3.8) is 0 Å². The molecule has 4 rings (SSSR count). The minimum atomic E-state index is 0.148. The number of rotatable bonds is 4. The molecule has 22 heavy (non-hydrogen) atoms. The Morgan fingerprint density at radius 3 is 3.09 bits per heavy atom. The summed E-state index contributed by atoms with van der Waals surface area (Å²) < 4.78 is 5.48. The number of imidazole rings is 1. The van der Waals surface area contributed by atoms with Gasteiger partial charge in [0.25, 0.3) is 0 Å². The summed E-state index contributed by atoms with van der Waals surface area (Å²) in [7, 11) is 0. The summed E-state index contributed by atoms with van der Waals surface area (Å²) >= 11 is 0. The molecule has 0 saturated carbocycles. The van der Waals surface area contributed by atoms with Crippen molar-refractivity contribution in [3.8, 4) is 11.5 Å². The number of aromatic amines is 1. The third kappa shape index (κ3) is 2.50. The van der Waals surface area contributed by atoms with Gasteiger partial charge in [-0.05, 0) is 31.5 Å². The van der Waals surface area contributed by atoms with E-state index in [1.807, 2.05) is 24.4 Å². The van der Waals surface area contributed by atoms with Crippen LogP contribution in [0.2, 0.25) is 0 Å². The molecule has 7 nitrogen and oxygen atoms in total. The van der Waals surface area contributed by atoms with E-state index in [9.17, 15) is 0 Å². The first kappa shape index (κ1) is 13.1. The van der Waals surface area contributed by atoms with Crippen LogP contribution in [0.3, 0.4) is 0 Å². The number of hydrogen-bond donors (Lipinski definition) is 1. The second kappa shape index (κ2) is 5.69. The van der Waals surface area contributed by atoms with Crippen LogP contribution in [-0.4, -0.2) is 36.5 Å². The standard InChI is InChI=1S/C15H16N6O/c1-2-6-16-11(4-1)14-19-15(22-20-14)12-5-3-9-21(12)10-13-17-7-8-18-13/h1-2,4,6-8,12H,3,5,9-10H2,(H,17,18)/t12-/m1/s1. The van der Waals surface area contributed by atoms with Crippen molar-refractivity contribution in [1.29, 1.82) is 0 Å². The number of pyridine rings is 1. The van der Waals surface area contributed by atoms with Crippen molar-refractivity contribution >= 4 is 0 Å². The van der Waals surface area contributed by atoms with Crippen LogP contribution in [-0.2, 0) is 6.54 Å². The minimum Gasteiger partial charge on any atom is -0.348 e. The molecule has 4 heterocycles.